The molecule has 6 heteroatoms. The van der Waals surface area contributed by atoms with Crippen LogP contribution in [0.5, 0.6) is 0 Å². The third kappa shape index (κ3) is 3.32. The minimum absolute atomic E-state index is 0.228. The second kappa shape index (κ2) is 7.32. The molecule has 0 radical (unpaired) electrons. The Bertz CT molecular complexity index is 1450. The number of fused-ring (bicyclic) bond motifs is 2. The molecule has 1 N–H and O–H groups in total. The van der Waals surface area contributed by atoms with Crippen LogP contribution in [0.4, 0.5) is 10.1 Å². The summed E-state index contributed by atoms with van der Waals surface area (Å²) >= 11 is 0. The van der Waals surface area contributed by atoms with Gasteiger partial charge in [-0.25, -0.2) is 14.1 Å². The van der Waals surface area contributed by atoms with Crippen molar-refractivity contribution in [2.24, 2.45) is 0 Å². The molecule has 0 atom stereocenters. The lowest BCUT2D eigenvalue weighted by atomic mass is 10.1. The Hall–Kier alpha value is -4.06. The van der Waals surface area contributed by atoms with Gasteiger partial charge in [0.1, 0.15) is 5.82 Å². The normalized spacial score (nSPS) is 11.2. The van der Waals surface area contributed by atoms with Crippen molar-refractivity contribution in [2.45, 2.75) is 13.8 Å². The summed E-state index contributed by atoms with van der Waals surface area (Å²) in [5, 5.41) is 10.3. The van der Waals surface area contributed by atoms with Crippen molar-refractivity contribution in [2.75, 3.05) is 5.32 Å². The Morgan fingerprint density at radius 2 is 1.71 bits per heavy atom. The Morgan fingerprint density at radius 3 is 2.52 bits per heavy atom. The van der Waals surface area contributed by atoms with Crippen LogP contribution in [-0.4, -0.2) is 20.7 Å². The Labute approximate surface area is 178 Å². The number of aryl methyl sites for hydroxylation is 2. The number of carbonyl (C=O) groups excluding carboxylic acids is 1. The number of anilines is 1. The van der Waals surface area contributed by atoms with E-state index >= 15 is 0 Å². The molecule has 152 valence electrons. The van der Waals surface area contributed by atoms with E-state index in [9.17, 15) is 9.18 Å². The molecular weight excluding hydrogens is 391 g/mol. The topological polar surface area (TPSA) is 59.8 Å². The molecular formula is C25H19FN4O. The number of hydrogen-bond acceptors (Lipinski definition) is 3. The lowest BCUT2D eigenvalue weighted by molar-refractivity contribution is 0.102. The zero-order chi connectivity index (χ0) is 21.5. The number of amides is 1. The largest absolute Gasteiger partial charge is 0.321 e. The third-order valence-electron chi connectivity index (χ3n) is 5.29. The van der Waals surface area contributed by atoms with Gasteiger partial charge in [-0.05, 0) is 55.6 Å². The van der Waals surface area contributed by atoms with E-state index < -0.39 is 0 Å². The van der Waals surface area contributed by atoms with Crippen molar-refractivity contribution in [3.8, 4) is 5.69 Å². The first kappa shape index (κ1) is 18.9. The second-order valence-electron chi connectivity index (χ2n) is 7.46. The Balaban J connectivity index is 1.63. The molecule has 0 aliphatic carbocycles. The molecule has 0 aliphatic heterocycles. The highest BCUT2D eigenvalue weighted by Crippen LogP contribution is 2.28. The maximum atomic E-state index is 13.4. The van der Waals surface area contributed by atoms with E-state index in [1.807, 2.05) is 56.3 Å². The molecule has 3 aromatic carbocycles. The summed E-state index contributed by atoms with van der Waals surface area (Å²) in [6.45, 7) is 3.68. The summed E-state index contributed by atoms with van der Waals surface area (Å²) in [6, 6.07) is 21.5. The highest BCUT2D eigenvalue weighted by Gasteiger charge is 2.20. The molecule has 0 saturated carbocycles. The zero-order valence-corrected chi connectivity index (χ0v) is 17.1. The Morgan fingerprint density at radius 1 is 0.968 bits per heavy atom. The number of carbonyl (C=O) groups is 1. The average Bonchev–Trinajstić information content (AvgIpc) is 3.10. The van der Waals surface area contributed by atoms with Gasteiger partial charge in [0.2, 0.25) is 0 Å². The molecule has 2 heterocycles. The number of benzene rings is 3. The standard InChI is InChI=1S/C25H19FN4O/c1-15-14-21(25(31)28-22-9-5-7-17-6-3-4-8-20(17)22)23-16(2)29-30(24(23)27-15)19-12-10-18(26)11-13-19/h3-14H,1-2H3,(H,28,31). The number of nitrogens with zero attached hydrogens (tertiary/aromatic N) is 3. The van der Waals surface area contributed by atoms with Crippen LogP contribution in [0.1, 0.15) is 21.7 Å². The number of halogens is 1. The molecule has 0 fully saturated rings. The van der Waals surface area contributed by atoms with E-state index in [0.717, 1.165) is 16.5 Å². The van der Waals surface area contributed by atoms with Crippen LogP contribution >= 0.6 is 0 Å². The lowest BCUT2D eigenvalue weighted by Crippen LogP contribution is -2.13. The van der Waals surface area contributed by atoms with Gasteiger partial charge in [0, 0.05) is 16.8 Å². The van der Waals surface area contributed by atoms with Gasteiger partial charge in [-0.1, -0.05) is 36.4 Å². The quantitative estimate of drug-likeness (QED) is 0.422. The SMILES string of the molecule is Cc1cc(C(=O)Nc2cccc3ccccc23)c2c(C)nn(-c3ccc(F)cc3)c2n1. The molecule has 5 rings (SSSR count). The van der Waals surface area contributed by atoms with Crippen LogP contribution in [0, 0.1) is 19.7 Å². The van der Waals surface area contributed by atoms with Crippen molar-refractivity contribution >= 4 is 33.4 Å². The summed E-state index contributed by atoms with van der Waals surface area (Å²) in [7, 11) is 0. The summed E-state index contributed by atoms with van der Waals surface area (Å²) in [6.07, 6.45) is 0. The van der Waals surface area contributed by atoms with Crippen molar-refractivity contribution in [3.05, 3.63) is 95.6 Å². The second-order valence-corrected chi connectivity index (χ2v) is 7.46. The molecule has 5 nitrogen and oxygen atoms in total. The molecule has 0 bridgehead atoms. The fraction of sp³-hybridized carbons (Fsp3) is 0.0800. The van der Waals surface area contributed by atoms with Gasteiger partial charge in [-0.3, -0.25) is 4.79 Å². The van der Waals surface area contributed by atoms with Gasteiger partial charge >= 0.3 is 0 Å². The summed E-state index contributed by atoms with van der Waals surface area (Å²) in [4.78, 5) is 18.0. The summed E-state index contributed by atoms with van der Waals surface area (Å²) in [5.74, 6) is -0.551. The molecule has 0 unspecified atom stereocenters. The van der Waals surface area contributed by atoms with Gasteiger partial charge in [-0.2, -0.15) is 5.10 Å². The zero-order valence-electron chi connectivity index (χ0n) is 17.1. The Kier molecular flexibility index (Phi) is 4.47. The van der Waals surface area contributed by atoms with E-state index in [2.05, 4.69) is 15.4 Å². The minimum Gasteiger partial charge on any atom is -0.321 e. The van der Waals surface area contributed by atoms with E-state index in [1.165, 1.54) is 12.1 Å². The van der Waals surface area contributed by atoms with Crippen molar-refractivity contribution in [3.63, 3.8) is 0 Å². The van der Waals surface area contributed by atoms with Gasteiger partial charge < -0.3 is 5.32 Å². The minimum atomic E-state index is -0.323. The highest BCUT2D eigenvalue weighted by molar-refractivity contribution is 6.15. The summed E-state index contributed by atoms with van der Waals surface area (Å²) < 4.78 is 15.0. The lowest BCUT2D eigenvalue weighted by Gasteiger charge is -2.10. The molecule has 1 amide bonds. The van der Waals surface area contributed by atoms with Crippen molar-refractivity contribution in [1.29, 1.82) is 0 Å². The predicted molar refractivity (Wildman–Crippen MR) is 120 cm³/mol. The van der Waals surface area contributed by atoms with Crippen LogP contribution < -0.4 is 5.32 Å². The fourth-order valence-electron chi connectivity index (χ4n) is 3.88. The van der Waals surface area contributed by atoms with E-state index in [1.54, 1.807) is 22.9 Å². The van der Waals surface area contributed by atoms with Crippen molar-refractivity contribution < 1.29 is 9.18 Å². The van der Waals surface area contributed by atoms with E-state index in [-0.39, 0.29) is 11.7 Å². The molecule has 2 aromatic heterocycles. The van der Waals surface area contributed by atoms with E-state index in [0.29, 0.717) is 33.7 Å². The first-order valence-corrected chi connectivity index (χ1v) is 9.93. The number of hydrogen-bond donors (Lipinski definition) is 1. The van der Waals surface area contributed by atoms with Crippen LogP contribution in [0.15, 0.2) is 72.8 Å². The van der Waals surface area contributed by atoms with Gasteiger partial charge in [0.15, 0.2) is 5.65 Å². The first-order chi connectivity index (χ1) is 15.0. The highest BCUT2D eigenvalue weighted by atomic mass is 19.1. The molecule has 0 saturated heterocycles. The molecule has 5 aromatic rings. The van der Waals surface area contributed by atoms with Crippen LogP contribution in [-0.2, 0) is 0 Å². The van der Waals surface area contributed by atoms with Crippen LogP contribution in [0.2, 0.25) is 0 Å². The number of nitrogens with one attached hydrogen (secondary N) is 1. The third-order valence-corrected chi connectivity index (χ3v) is 5.29. The predicted octanol–water partition coefficient (Wildman–Crippen LogP) is 5.58. The van der Waals surface area contributed by atoms with Crippen LogP contribution in [0.3, 0.4) is 0 Å². The monoisotopic (exact) mass is 410 g/mol. The number of aromatic nitrogens is 3. The smallest absolute Gasteiger partial charge is 0.256 e. The summed E-state index contributed by atoms with van der Waals surface area (Å²) in [5.41, 5.74) is 3.86. The molecule has 0 spiro atoms. The molecule has 0 aliphatic rings. The van der Waals surface area contributed by atoms with Gasteiger partial charge in [0.05, 0.1) is 22.3 Å². The fourth-order valence-corrected chi connectivity index (χ4v) is 3.88. The first-order valence-electron chi connectivity index (χ1n) is 9.93. The van der Waals surface area contributed by atoms with E-state index in [4.69, 9.17) is 0 Å². The van der Waals surface area contributed by atoms with Gasteiger partial charge in [-0.15, -0.1) is 0 Å². The van der Waals surface area contributed by atoms with Crippen molar-refractivity contribution in [1.82, 2.24) is 14.8 Å². The number of pyridine rings is 1. The maximum Gasteiger partial charge on any atom is 0.256 e. The number of rotatable bonds is 3. The average molecular weight is 410 g/mol. The van der Waals surface area contributed by atoms with Gasteiger partial charge in [0.25, 0.3) is 5.91 Å². The maximum absolute atomic E-state index is 13.4. The van der Waals surface area contributed by atoms with Crippen LogP contribution in [0.25, 0.3) is 27.5 Å². The molecule has 31 heavy (non-hydrogen) atoms.